The van der Waals surface area contributed by atoms with Gasteiger partial charge in [0.2, 0.25) is 15.9 Å². The summed E-state index contributed by atoms with van der Waals surface area (Å²) >= 11 is 6.13. The summed E-state index contributed by atoms with van der Waals surface area (Å²) in [5, 5.41) is 2.74. The highest BCUT2D eigenvalue weighted by Gasteiger charge is 2.30. The van der Waals surface area contributed by atoms with Gasteiger partial charge in [0.25, 0.3) is 10.0 Å². The van der Waals surface area contributed by atoms with Crippen LogP contribution in [-0.4, -0.2) is 42.2 Å². The number of methoxy groups -OCH3 is 1. The standard InChI is InChI=1S/C23H23ClFN3O6S2/c1-15(28(35(3,30)31)19-10-13-22(34-2)21(24)14-19)23(29)26-17-8-11-20(12-9-17)36(32,33)27-18-6-4-16(25)5-7-18/h4-15,27H,1-3H3,(H,26,29)/t15-/m1/s1. The molecule has 0 saturated carbocycles. The molecule has 1 amide bonds. The van der Waals surface area contributed by atoms with Gasteiger partial charge in [-0.3, -0.25) is 13.8 Å². The number of benzene rings is 3. The number of ether oxygens (including phenoxy) is 1. The van der Waals surface area contributed by atoms with E-state index in [1.54, 1.807) is 0 Å². The smallest absolute Gasteiger partial charge is 0.261 e. The van der Waals surface area contributed by atoms with E-state index in [0.29, 0.717) is 5.75 Å². The second-order valence-corrected chi connectivity index (χ2v) is 11.6. The minimum absolute atomic E-state index is 0.0940. The lowest BCUT2D eigenvalue weighted by molar-refractivity contribution is -0.116. The molecular weight excluding hydrogens is 533 g/mol. The average molecular weight is 556 g/mol. The Morgan fingerprint density at radius 1 is 0.972 bits per heavy atom. The Kier molecular flexibility index (Phi) is 8.12. The molecule has 3 aromatic rings. The molecule has 0 aliphatic carbocycles. The number of hydrogen-bond donors (Lipinski definition) is 2. The molecule has 0 aliphatic heterocycles. The molecule has 1 atom stereocenters. The molecule has 0 aromatic heterocycles. The van der Waals surface area contributed by atoms with Gasteiger partial charge in [-0.1, -0.05) is 11.6 Å². The molecule has 192 valence electrons. The van der Waals surface area contributed by atoms with Crippen molar-refractivity contribution in [1.29, 1.82) is 0 Å². The summed E-state index contributed by atoms with van der Waals surface area (Å²) in [6, 6.07) is 13.2. The largest absolute Gasteiger partial charge is 0.495 e. The van der Waals surface area contributed by atoms with Crippen molar-refractivity contribution in [2.75, 3.05) is 27.7 Å². The monoisotopic (exact) mass is 555 g/mol. The fraction of sp³-hybridized carbons (Fsp3) is 0.174. The molecule has 0 radical (unpaired) electrons. The third-order valence-corrected chi connectivity index (χ3v) is 7.94. The number of carbonyl (C=O) groups is 1. The van der Waals surface area contributed by atoms with Crippen molar-refractivity contribution in [3.05, 3.63) is 77.6 Å². The van der Waals surface area contributed by atoms with Crippen LogP contribution in [0, 0.1) is 5.82 Å². The molecule has 0 heterocycles. The van der Waals surface area contributed by atoms with Crippen LogP contribution in [0.25, 0.3) is 0 Å². The maximum atomic E-state index is 13.0. The first-order valence-electron chi connectivity index (χ1n) is 10.3. The lowest BCUT2D eigenvalue weighted by Crippen LogP contribution is -2.45. The topological polar surface area (TPSA) is 122 Å². The number of nitrogens with zero attached hydrogens (tertiary/aromatic N) is 1. The van der Waals surface area contributed by atoms with Gasteiger partial charge in [0.05, 0.1) is 29.0 Å². The van der Waals surface area contributed by atoms with Crippen LogP contribution in [0.4, 0.5) is 21.5 Å². The van der Waals surface area contributed by atoms with Crippen LogP contribution in [0.15, 0.2) is 71.6 Å². The number of hydrogen-bond acceptors (Lipinski definition) is 6. The lowest BCUT2D eigenvalue weighted by Gasteiger charge is -2.28. The molecule has 9 nitrogen and oxygen atoms in total. The summed E-state index contributed by atoms with van der Waals surface area (Å²) in [5.41, 5.74) is 0.593. The van der Waals surface area contributed by atoms with E-state index < -0.39 is 37.8 Å². The van der Waals surface area contributed by atoms with Gasteiger partial charge in [-0.05, 0) is 73.7 Å². The highest BCUT2D eigenvalue weighted by Crippen LogP contribution is 2.31. The molecule has 13 heteroatoms. The van der Waals surface area contributed by atoms with Crippen molar-refractivity contribution in [3.8, 4) is 5.75 Å². The lowest BCUT2D eigenvalue weighted by atomic mass is 10.2. The molecule has 3 aromatic carbocycles. The Hall–Kier alpha value is -3.35. The van der Waals surface area contributed by atoms with E-state index >= 15 is 0 Å². The van der Waals surface area contributed by atoms with Crippen molar-refractivity contribution in [2.24, 2.45) is 0 Å². The van der Waals surface area contributed by atoms with Gasteiger partial charge in [0.15, 0.2) is 0 Å². The molecule has 0 aliphatic rings. The van der Waals surface area contributed by atoms with Gasteiger partial charge in [-0.2, -0.15) is 0 Å². The molecule has 0 bridgehead atoms. The van der Waals surface area contributed by atoms with Crippen molar-refractivity contribution in [3.63, 3.8) is 0 Å². The van der Waals surface area contributed by atoms with Gasteiger partial charge >= 0.3 is 0 Å². The second-order valence-electron chi connectivity index (χ2n) is 7.68. The maximum absolute atomic E-state index is 13.0. The van der Waals surface area contributed by atoms with E-state index in [4.69, 9.17) is 16.3 Å². The van der Waals surface area contributed by atoms with Crippen LogP contribution in [0.5, 0.6) is 5.75 Å². The quantitative estimate of drug-likeness (QED) is 0.410. The van der Waals surface area contributed by atoms with Crippen molar-refractivity contribution in [2.45, 2.75) is 17.9 Å². The first kappa shape index (κ1) is 27.2. The van der Waals surface area contributed by atoms with Crippen molar-refractivity contribution in [1.82, 2.24) is 0 Å². The number of rotatable bonds is 9. The zero-order valence-corrected chi connectivity index (χ0v) is 21.8. The maximum Gasteiger partial charge on any atom is 0.261 e. The number of nitrogens with one attached hydrogen (secondary N) is 2. The molecular formula is C23H23ClFN3O6S2. The third-order valence-electron chi connectivity index (χ3n) is 5.01. The summed E-state index contributed by atoms with van der Waals surface area (Å²) in [6.07, 6.45) is 0.961. The molecule has 0 saturated heterocycles. The highest BCUT2D eigenvalue weighted by atomic mass is 35.5. The molecule has 2 N–H and O–H groups in total. The van der Waals surface area contributed by atoms with Gasteiger partial charge in [0.1, 0.15) is 17.6 Å². The number of amides is 1. The van der Waals surface area contributed by atoms with Crippen molar-refractivity contribution < 1.29 is 30.8 Å². The van der Waals surface area contributed by atoms with Gasteiger partial charge in [-0.25, -0.2) is 21.2 Å². The predicted molar refractivity (Wildman–Crippen MR) is 137 cm³/mol. The summed E-state index contributed by atoms with van der Waals surface area (Å²) in [6.45, 7) is 1.40. The number of sulfonamides is 2. The Labute approximate surface area is 213 Å². The van der Waals surface area contributed by atoms with E-state index in [1.807, 2.05) is 0 Å². The molecule has 36 heavy (non-hydrogen) atoms. The Morgan fingerprint density at radius 2 is 1.56 bits per heavy atom. The normalized spacial score (nSPS) is 12.5. The summed E-state index contributed by atoms with van der Waals surface area (Å²) < 4.78 is 71.5. The van der Waals surface area contributed by atoms with Crippen LogP contribution in [0.1, 0.15) is 6.92 Å². The minimum atomic E-state index is -3.96. The fourth-order valence-electron chi connectivity index (χ4n) is 3.30. The van der Waals surface area contributed by atoms with Crippen LogP contribution in [-0.2, 0) is 24.8 Å². The van der Waals surface area contributed by atoms with E-state index in [9.17, 15) is 26.0 Å². The summed E-state index contributed by atoms with van der Waals surface area (Å²) in [5.74, 6) is -0.820. The Balaban J connectivity index is 1.77. The van der Waals surface area contributed by atoms with E-state index in [1.165, 1.54) is 68.6 Å². The van der Waals surface area contributed by atoms with Crippen LogP contribution >= 0.6 is 11.6 Å². The SMILES string of the molecule is COc1ccc(N([C@H](C)C(=O)Nc2ccc(S(=O)(=O)Nc3ccc(F)cc3)cc2)S(C)(=O)=O)cc1Cl. The zero-order chi connectivity index (χ0) is 26.7. The molecule has 3 rings (SSSR count). The van der Waals surface area contributed by atoms with E-state index in [2.05, 4.69) is 10.0 Å². The van der Waals surface area contributed by atoms with Gasteiger partial charge < -0.3 is 10.1 Å². The minimum Gasteiger partial charge on any atom is -0.495 e. The van der Waals surface area contributed by atoms with Crippen LogP contribution in [0.3, 0.4) is 0 Å². The van der Waals surface area contributed by atoms with E-state index in [0.717, 1.165) is 22.7 Å². The molecule has 0 spiro atoms. The van der Waals surface area contributed by atoms with E-state index in [-0.39, 0.29) is 27.0 Å². The van der Waals surface area contributed by atoms with Gasteiger partial charge in [0, 0.05) is 11.4 Å². The first-order chi connectivity index (χ1) is 16.8. The Morgan fingerprint density at radius 3 is 2.08 bits per heavy atom. The zero-order valence-electron chi connectivity index (χ0n) is 19.4. The summed E-state index contributed by atoms with van der Waals surface area (Å²) in [7, 11) is -6.43. The second kappa shape index (κ2) is 10.7. The van der Waals surface area contributed by atoms with Crippen LogP contribution in [0.2, 0.25) is 5.02 Å². The third kappa shape index (κ3) is 6.45. The fourth-order valence-corrected chi connectivity index (χ4v) is 5.77. The highest BCUT2D eigenvalue weighted by molar-refractivity contribution is 7.92. The number of carbonyl (C=O) groups excluding carboxylic acids is 1. The summed E-state index contributed by atoms with van der Waals surface area (Å²) in [4.78, 5) is 12.8. The molecule has 0 fully saturated rings. The number of halogens is 2. The van der Waals surface area contributed by atoms with Crippen LogP contribution < -0.4 is 19.1 Å². The first-order valence-corrected chi connectivity index (χ1v) is 14.0. The molecule has 0 unspecified atom stereocenters. The average Bonchev–Trinajstić information content (AvgIpc) is 2.80. The van der Waals surface area contributed by atoms with Gasteiger partial charge in [-0.15, -0.1) is 0 Å². The number of anilines is 3. The Bertz CT molecular complexity index is 1460. The van der Waals surface area contributed by atoms with Crippen molar-refractivity contribution >= 4 is 54.6 Å². The predicted octanol–water partition coefficient (Wildman–Crippen LogP) is 4.08.